The number of benzene rings is 1. The molecule has 3 rings (SSSR count). The van der Waals surface area contributed by atoms with E-state index in [2.05, 4.69) is 27.5 Å². The van der Waals surface area contributed by atoms with Crippen molar-refractivity contribution in [3.05, 3.63) is 54.1 Å². The smallest absolute Gasteiger partial charge is 0.107 e. The van der Waals surface area contributed by atoms with E-state index in [0.717, 1.165) is 22.5 Å². The topological polar surface area (TPSA) is 56.7 Å². The minimum absolute atomic E-state index is 0.197. The lowest BCUT2D eigenvalue weighted by atomic mass is 10.1. The first-order chi connectivity index (χ1) is 9.16. The van der Waals surface area contributed by atoms with Gasteiger partial charge in [-0.15, -0.1) is 0 Å². The molecule has 1 aromatic carbocycles. The van der Waals surface area contributed by atoms with Gasteiger partial charge in [-0.05, 0) is 43.7 Å². The molecule has 2 N–H and O–H groups in total. The first kappa shape index (κ1) is 11.7. The molecule has 19 heavy (non-hydrogen) atoms. The minimum Gasteiger partial charge on any atom is -0.399 e. The SMILES string of the molecule is Cc1nc2cc(N)ccc2n1C(C)c1cccnc1. The van der Waals surface area contributed by atoms with Crippen LogP contribution in [0.5, 0.6) is 0 Å². The summed E-state index contributed by atoms with van der Waals surface area (Å²) in [6, 6.07) is 10.1. The molecule has 0 aliphatic carbocycles. The molecule has 0 bridgehead atoms. The van der Waals surface area contributed by atoms with Gasteiger partial charge in [-0.2, -0.15) is 0 Å². The summed E-state index contributed by atoms with van der Waals surface area (Å²) in [5.41, 5.74) is 9.76. The van der Waals surface area contributed by atoms with Crippen LogP contribution in [0.1, 0.15) is 24.4 Å². The van der Waals surface area contributed by atoms with Gasteiger partial charge < -0.3 is 10.3 Å². The third-order valence-corrected chi connectivity index (χ3v) is 3.44. The van der Waals surface area contributed by atoms with E-state index < -0.39 is 0 Å². The lowest BCUT2D eigenvalue weighted by Gasteiger charge is -2.16. The van der Waals surface area contributed by atoms with Gasteiger partial charge in [-0.25, -0.2) is 4.98 Å². The van der Waals surface area contributed by atoms with Gasteiger partial charge in [0, 0.05) is 18.1 Å². The maximum atomic E-state index is 5.81. The maximum Gasteiger partial charge on any atom is 0.107 e. The summed E-state index contributed by atoms with van der Waals surface area (Å²) in [6.07, 6.45) is 3.68. The highest BCUT2D eigenvalue weighted by molar-refractivity contribution is 5.80. The number of aryl methyl sites for hydroxylation is 1. The first-order valence-corrected chi connectivity index (χ1v) is 6.31. The average molecular weight is 252 g/mol. The summed E-state index contributed by atoms with van der Waals surface area (Å²) < 4.78 is 2.21. The summed E-state index contributed by atoms with van der Waals surface area (Å²) in [4.78, 5) is 8.77. The van der Waals surface area contributed by atoms with Crippen LogP contribution in [0.25, 0.3) is 11.0 Å². The van der Waals surface area contributed by atoms with E-state index in [1.165, 1.54) is 5.56 Å². The molecule has 4 heteroatoms. The van der Waals surface area contributed by atoms with Crippen molar-refractivity contribution in [2.24, 2.45) is 0 Å². The Morgan fingerprint density at radius 3 is 2.84 bits per heavy atom. The molecular formula is C15H16N4. The van der Waals surface area contributed by atoms with Crippen molar-refractivity contribution < 1.29 is 0 Å². The van der Waals surface area contributed by atoms with E-state index in [1.807, 2.05) is 37.4 Å². The predicted molar refractivity (Wildman–Crippen MR) is 76.9 cm³/mol. The Balaban J connectivity index is 2.17. The molecule has 0 spiro atoms. The van der Waals surface area contributed by atoms with Crippen molar-refractivity contribution in [1.29, 1.82) is 0 Å². The van der Waals surface area contributed by atoms with Crippen molar-refractivity contribution in [3.63, 3.8) is 0 Å². The standard InChI is InChI=1S/C15H16N4/c1-10(12-4-3-7-17-9-12)19-11(2)18-14-8-13(16)5-6-15(14)19/h3-10H,16H2,1-2H3. The van der Waals surface area contributed by atoms with Crippen molar-refractivity contribution in [2.45, 2.75) is 19.9 Å². The highest BCUT2D eigenvalue weighted by Crippen LogP contribution is 2.26. The van der Waals surface area contributed by atoms with Crippen LogP contribution in [-0.2, 0) is 0 Å². The van der Waals surface area contributed by atoms with Crippen LogP contribution in [0.15, 0.2) is 42.7 Å². The summed E-state index contributed by atoms with van der Waals surface area (Å²) >= 11 is 0. The highest BCUT2D eigenvalue weighted by Gasteiger charge is 2.14. The van der Waals surface area contributed by atoms with Gasteiger partial charge >= 0.3 is 0 Å². The zero-order valence-electron chi connectivity index (χ0n) is 11.0. The van der Waals surface area contributed by atoms with Gasteiger partial charge in [0.25, 0.3) is 0 Å². The lowest BCUT2D eigenvalue weighted by Crippen LogP contribution is -2.08. The third kappa shape index (κ3) is 1.95. The van der Waals surface area contributed by atoms with Crippen molar-refractivity contribution in [1.82, 2.24) is 14.5 Å². The molecule has 0 saturated carbocycles. The minimum atomic E-state index is 0.197. The zero-order valence-corrected chi connectivity index (χ0v) is 11.0. The van der Waals surface area contributed by atoms with E-state index >= 15 is 0 Å². The number of rotatable bonds is 2. The van der Waals surface area contributed by atoms with E-state index in [9.17, 15) is 0 Å². The Morgan fingerprint density at radius 2 is 2.11 bits per heavy atom. The molecule has 0 saturated heterocycles. The highest BCUT2D eigenvalue weighted by atomic mass is 15.1. The summed E-state index contributed by atoms with van der Waals surface area (Å²) in [7, 11) is 0. The van der Waals surface area contributed by atoms with Crippen LogP contribution in [0.4, 0.5) is 5.69 Å². The second kappa shape index (κ2) is 4.39. The predicted octanol–water partition coefficient (Wildman–Crippen LogP) is 2.93. The molecule has 4 nitrogen and oxygen atoms in total. The fourth-order valence-corrected chi connectivity index (χ4v) is 2.50. The van der Waals surface area contributed by atoms with Gasteiger partial charge in [0.2, 0.25) is 0 Å². The van der Waals surface area contributed by atoms with Gasteiger partial charge in [0.05, 0.1) is 17.1 Å². The molecule has 2 aromatic heterocycles. The zero-order chi connectivity index (χ0) is 13.4. The Kier molecular flexibility index (Phi) is 2.71. The molecule has 3 aromatic rings. The first-order valence-electron chi connectivity index (χ1n) is 6.31. The van der Waals surface area contributed by atoms with Gasteiger partial charge in [0.15, 0.2) is 0 Å². The number of aromatic nitrogens is 3. The molecule has 1 atom stereocenters. The van der Waals surface area contributed by atoms with Crippen LogP contribution < -0.4 is 5.73 Å². The van der Waals surface area contributed by atoms with Crippen molar-refractivity contribution in [2.75, 3.05) is 5.73 Å². The Labute approximate surface area is 111 Å². The Bertz CT molecular complexity index is 716. The van der Waals surface area contributed by atoms with E-state index in [0.29, 0.717) is 0 Å². The number of hydrogen-bond donors (Lipinski definition) is 1. The van der Waals surface area contributed by atoms with Gasteiger partial charge in [-0.3, -0.25) is 4.98 Å². The number of imidazole rings is 1. The number of anilines is 1. The van der Waals surface area contributed by atoms with Gasteiger partial charge in [-0.1, -0.05) is 6.07 Å². The van der Waals surface area contributed by atoms with E-state index in [4.69, 9.17) is 5.73 Å². The number of hydrogen-bond acceptors (Lipinski definition) is 3. The fourth-order valence-electron chi connectivity index (χ4n) is 2.50. The van der Waals surface area contributed by atoms with Crippen LogP contribution >= 0.6 is 0 Å². The van der Waals surface area contributed by atoms with E-state index in [1.54, 1.807) is 6.20 Å². The summed E-state index contributed by atoms with van der Waals surface area (Å²) in [5.74, 6) is 0.983. The monoisotopic (exact) mass is 252 g/mol. The van der Waals surface area contributed by atoms with Crippen molar-refractivity contribution in [3.8, 4) is 0 Å². The maximum absolute atomic E-state index is 5.81. The largest absolute Gasteiger partial charge is 0.399 e. The van der Waals surface area contributed by atoms with Crippen LogP contribution in [0.2, 0.25) is 0 Å². The molecule has 2 heterocycles. The van der Waals surface area contributed by atoms with Crippen LogP contribution in [0, 0.1) is 6.92 Å². The van der Waals surface area contributed by atoms with Crippen molar-refractivity contribution >= 4 is 16.7 Å². The lowest BCUT2D eigenvalue weighted by molar-refractivity contribution is 0.635. The van der Waals surface area contributed by atoms with Crippen LogP contribution in [0.3, 0.4) is 0 Å². The number of pyridine rings is 1. The summed E-state index contributed by atoms with van der Waals surface area (Å²) in [6.45, 7) is 4.17. The normalized spacial score (nSPS) is 12.7. The quantitative estimate of drug-likeness (QED) is 0.713. The Hall–Kier alpha value is -2.36. The molecule has 1 unspecified atom stereocenters. The molecule has 0 amide bonds. The number of nitrogens with zero attached hydrogens (tertiary/aromatic N) is 3. The van der Waals surface area contributed by atoms with Gasteiger partial charge in [0.1, 0.15) is 5.82 Å². The summed E-state index contributed by atoms with van der Waals surface area (Å²) in [5, 5.41) is 0. The fraction of sp³-hybridized carbons (Fsp3) is 0.200. The third-order valence-electron chi connectivity index (χ3n) is 3.44. The average Bonchev–Trinajstić information content (AvgIpc) is 2.74. The Morgan fingerprint density at radius 1 is 1.26 bits per heavy atom. The number of nitrogen functional groups attached to an aromatic ring is 1. The molecule has 0 aliphatic heterocycles. The number of fused-ring (bicyclic) bond motifs is 1. The van der Waals surface area contributed by atoms with E-state index in [-0.39, 0.29) is 6.04 Å². The molecule has 0 radical (unpaired) electrons. The molecular weight excluding hydrogens is 236 g/mol. The second-order valence-corrected chi connectivity index (χ2v) is 4.74. The molecule has 0 fully saturated rings. The second-order valence-electron chi connectivity index (χ2n) is 4.74. The molecule has 0 aliphatic rings. The number of nitrogens with two attached hydrogens (primary N) is 1. The molecule has 96 valence electrons. The van der Waals surface area contributed by atoms with Crippen LogP contribution in [-0.4, -0.2) is 14.5 Å².